The van der Waals surface area contributed by atoms with Gasteiger partial charge in [0.2, 0.25) is 5.82 Å². The van der Waals surface area contributed by atoms with E-state index >= 15 is 0 Å². The molecule has 3 aromatic rings. The van der Waals surface area contributed by atoms with Gasteiger partial charge in [-0.25, -0.2) is 0 Å². The Balaban J connectivity index is 1.90. The third kappa shape index (κ3) is 2.73. The van der Waals surface area contributed by atoms with Crippen molar-refractivity contribution in [2.45, 2.75) is 0 Å². The van der Waals surface area contributed by atoms with Gasteiger partial charge in [-0.3, -0.25) is 4.79 Å². The molecular formula is C14H13N5O3S. The molecule has 0 unspecified atom stereocenters. The quantitative estimate of drug-likeness (QED) is 0.586. The number of nitrogens with one attached hydrogen (secondary N) is 1. The van der Waals surface area contributed by atoms with Crippen molar-refractivity contribution in [3.8, 4) is 0 Å². The fraction of sp³-hybridized carbons (Fsp3) is 0.143. The van der Waals surface area contributed by atoms with Crippen LogP contribution in [0.25, 0.3) is 4.96 Å². The lowest BCUT2D eigenvalue weighted by Crippen LogP contribution is -2.21. The Kier molecular flexibility index (Phi) is 3.70. The molecule has 23 heavy (non-hydrogen) atoms. The normalized spacial score (nSPS) is 10.7. The summed E-state index contributed by atoms with van der Waals surface area (Å²) in [6.07, 6.45) is 1.61. The molecule has 2 aromatic heterocycles. The lowest BCUT2D eigenvalue weighted by Gasteiger charge is -2.10. The first-order chi connectivity index (χ1) is 11.0. The molecule has 1 amide bonds. The molecule has 0 aliphatic rings. The Labute approximate surface area is 135 Å². The summed E-state index contributed by atoms with van der Waals surface area (Å²) < 4.78 is 1.43. The average molecular weight is 331 g/mol. The summed E-state index contributed by atoms with van der Waals surface area (Å²) in [6, 6.07) is 6.70. The fourth-order valence-electron chi connectivity index (χ4n) is 2.12. The van der Waals surface area contributed by atoms with Crippen LogP contribution in [0.3, 0.4) is 0 Å². The predicted octanol–water partition coefficient (Wildman–Crippen LogP) is 2.75. The van der Waals surface area contributed by atoms with Crippen LogP contribution in [0.1, 0.15) is 10.4 Å². The lowest BCUT2D eigenvalue weighted by molar-refractivity contribution is -0.389. The topological polar surface area (TPSA) is 92.8 Å². The highest BCUT2D eigenvalue weighted by atomic mass is 32.1. The summed E-state index contributed by atoms with van der Waals surface area (Å²) >= 11 is 1.32. The molecule has 1 N–H and O–H groups in total. The first-order valence-electron chi connectivity index (χ1n) is 6.66. The Morgan fingerprint density at radius 3 is 2.65 bits per heavy atom. The van der Waals surface area contributed by atoms with Crippen molar-refractivity contribution in [2.24, 2.45) is 0 Å². The van der Waals surface area contributed by atoms with Crippen LogP contribution >= 0.6 is 11.3 Å². The highest BCUT2D eigenvalue weighted by Crippen LogP contribution is 2.30. The number of amides is 1. The minimum Gasteiger partial charge on any atom is -0.358 e. The molecule has 0 saturated carbocycles. The first kappa shape index (κ1) is 15.0. The zero-order chi connectivity index (χ0) is 16.6. The molecule has 2 heterocycles. The van der Waals surface area contributed by atoms with E-state index in [1.807, 2.05) is 0 Å². The summed E-state index contributed by atoms with van der Waals surface area (Å²) in [5, 5.41) is 15.9. The number of hydrogen-bond acceptors (Lipinski definition) is 6. The van der Waals surface area contributed by atoms with Gasteiger partial charge in [-0.1, -0.05) is 11.3 Å². The molecule has 1 aromatic carbocycles. The minimum absolute atomic E-state index is 0.106. The van der Waals surface area contributed by atoms with Crippen molar-refractivity contribution >= 4 is 39.5 Å². The van der Waals surface area contributed by atoms with Crippen LogP contribution in [-0.4, -0.2) is 39.2 Å². The maximum atomic E-state index is 11.8. The van der Waals surface area contributed by atoms with Crippen molar-refractivity contribution in [3.63, 3.8) is 0 Å². The van der Waals surface area contributed by atoms with Gasteiger partial charge in [0.15, 0.2) is 0 Å². The molecule has 0 aliphatic carbocycles. The van der Waals surface area contributed by atoms with E-state index in [0.29, 0.717) is 16.2 Å². The number of nitro groups is 1. The number of nitrogens with zero attached hydrogens (tertiary/aromatic N) is 4. The highest BCUT2D eigenvalue weighted by molar-refractivity contribution is 7.15. The van der Waals surface area contributed by atoms with E-state index < -0.39 is 4.92 Å². The number of aromatic nitrogens is 2. The van der Waals surface area contributed by atoms with Gasteiger partial charge in [0, 0.05) is 30.7 Å². The van der Waals surface area contributed by atoms with E-state index in [4.69, 9.17) is 0 Å². The second-order valence-corrected chi connectivity index (χ2v) is 5.87. The maximum Gasteiger partial charge on any atom is 0.373 e. The van der Waals surface area contributed by atoms with Gasteiger partial charge < -0.3 is 20.3 Å². The van der Waals surface area contributed by atoms with Crippen LogP contribution in [-0.2, 0) is 0 Å². The summed E-state index contributed by atoms with van der Waals surface area (Å²) in [5.41, 5.74) is 1.16. The molecule has 3 rings (SSSR count). The van der Waals surface area contributed by atoms with Gasteiger partial charge in [-0.15, -0.1) is 0 Å². The van der Waals surface area contributed by atoms with Gasteiger partial charge in [-0.05, 0) is 29.2 Å². The second-order valence-electron chi connectivity index (χ2n) is 5.00. The van der Waals surface area contributed by atoms with E-state index in [2.05, 4.69) is 10.3 Å². The lowest BCUT2D eigenvalue weighted by atomic mass is 10.2. The molecule has 0 aliphatic heterocycles. The number of benzene rings is 1. The standard InChI is InChI=1S/C14H13N5O3S/c1-17(2)13(20)9-3-5-10(6-4-9)15-11-12(19(21)22)18-7-8-23-14(18)16-11/h3-8,15H,1-2H3. The van der Waals surface area contributed by atoms with Crippen molar-refractivity contribution in [3.05, 3.63) is 51.5 Å². The van der Waals surface area contributed by atoms with Crippen LogP contribution in [0.4, 0.5) is 17.3 Å². The minimum atomic E-state index is -0.473. The number of imidazole rings is 1. The van der Waals surface area contributed by atoms with Crippen molar-refractivity contribution in [1.29, 1.82) is 0 Å². The zero-order valence-electron chi connectivity index (χ0n) is 12.4. The van der Waals surface area contributed by atoms with Crippen molar-refractivity contribution in [2.75, 3.05) is 19.4 Å². The Morgan fingerprint density at radius 2 is 2.04 bits per heavy atom. The fourth-order valence-corrected chi connectivity index (χ4v) is 2.83. The largest absolute Gasteiger partial charge is 0.373 e. The number of rotatable bonds is 4. The molecule has 0 spiro atoms. The molecule has 0 radical (unpaired) electrons. The van der Waals surface area contributed by atoms with Gasteiger partial charge >= 0.3 is 5.82 Å². The predicted molar refractivity (Wildman–Crippen MR) is 87.5 cm³/mol. The maximum absolute atomic E-state index is 11.8. The summed E-state index contributed by atoms with van der Waals surface area (Å²) in [4.78, 5) is 28.9. The molecule has 8 nitrogen and oxygen atoms in total. The zero-order valence-corrected chi connectivity index (χ0v) is 13.2. The SMILES string of the molecule is CN(C)C(=O)c1ccc(Nc2nc3sccn3c2[N+](=O)[O-])cc1. The highest BCUT2D eigenvalue weighted by Gasteiger charge is 2.23. The number of anilines is 2. The van der Waals surface area contributed by atoms with E-state index in [9.17, 15) is 14.9 Å². The monoisotopic (exact) mass is 331 g/mol. The molecule has 0 fully saturated rings. The first-order valence-corrected chi connectivity index (χ1v) is 7.54. The Morgan fingerprint density at radius 1 is 1.35 bits per heavy atom. The summed E-state index contributed by atoms with van der Waals surface area (Å²) in [5.74, 6) is -0.0479. The summed E-state index contributed by atoms with van der Waals surface area (Å²) in [7, 11) is 3.35. The molecule has 0 bridgehead atoms. The molecule has 0 atom stereocenters. The van der Waals surface area contributed by atoms with Crippen LogP contribution in [0.5, 0.6) is 0 Å². The molecule has 9 heteroatoms. The Hall–Kier alpha value is -2.94. The Bertz CT molecular complexity index is 882. The van der Waals surface area contributed by atoms with Gasteiger partial charge in [0.1, 0.15) is 6.20 Å². The number of fused-ring (bicyclic) bond motifs is 1. The van der Waals surface area contributed by atoms with Crippen molar-refractivity contribution < 1.29 is 9.72 Å². The van der Waals surface area contributed by atoms with Crippen LogP contribution in [0.15, 0.2) is 35.8 Å². The van der Waals surface area contributed by atoms with Crippen LogP contribution in [0.2, 0.25) is 0 Å². The number of hydrogen-bond donors (Lipinski definition) is 1. The van der Waals surface area contributed by atoms with E-state index in [-0.39, 0.29) is 17.5 Å². The molecular weight excluding hydrogens is 318 g/mol. The second kappa shape index (κ2) is 5.69. The van der Waals surface area contributed by atoms with Crippen molar-refractivity contribution in [1.82, 2.24) is 14.3 Å². The number of carbonyl (C=O) groups is 1. The van der Waals surface area contributed by atoms with Gasteiger partial charge in [0.25, 0.3) is 10.9 Å². The number of thiazole rings is 1. The van der Waals surface area contributed by atoms with Gasteiger partial charge in [-0.2, -0.15) is 9.38 Å². The van der Waals surface area contributed by atoms with E-state index in [1.165, 1.54) is 20.6 Å². The molecule has 118 valence electrons. The van der Waals surface area contributed by atoms with E-state index in [0.717, 1.165) is 0 Å². The smallest absolute Gasteiger partial charge is 0.358 e. The summed E-state index contributed by atoms with van der Waals surface area (Å²) in [6.45, 7) is 0. The van der Waals surface area contributed by atoms with Gasteiger partial charge in [0.05, 0.1) is 0 Å². The van der Waals surface area contributed by atoms with E-state index in [1.54, 1.807) is 49.9 Å². The third-order valence-electron chi connectivity index (χ3n) is 3.21. The molecule has 0 saturated heterocycles. The van der Waals surface area contributed by atoms with Crippen LogP contribution < -0.4 is 5.32 Å². The average Bonchev–Trinajstić information content (AvgIpc) is 3.07. The number of carbonyl (C=O) groups excluding carboxylic acids is 1. The van der Waals surface area contributed by atoms with Crippen LogP contribution in [0, 0.1) is 10.1 Å². The third-order valence-corrected chi connectivity index (χ3v) is 3.97.